The largest absolute Gasteiger partial charge is 0.330 e. The Hall–Kier alpha value is -0.160. The first-order valence-corrected chi connectivity index (χ1v) is 3.59. The summed E-state index contributed by atoms with van der Waals surface area (Å²) in [5.41, 5.74) is 16.7. The highest BCUT2D eigenvalue weighted by molar-refractivity contribution is 5.10. The first-order chi connectivity index (χ1) is 4.66. The van der Waals surface area contributed by atoms with E-state index < -0.39 is 0 Å². The molecular weight excluding hydrogens is 128 g/mol. The molecule has 1 aliphatic heterocycles. The minimum absolute atomic E-state index is 0.0868. The van der Waals surface area contributed by atoms with Gasteiger partial charge in [0.25, 0.3) is 0 Å². The maximum atomic E-state index is 5.73. The molecular formula is C6H16N4. The fraction of sp³-hybridized carbons (Fsp3) is 1.00. The van der Waals surface area contributed by atoms with Gasteiger partial charge in [0.05, 0.1) is 11.7 Å². The Morgan fingerprint density at radius 1 is 1.50 bits per heavy atom. The summed E-state index contributed by atoms with van der Waals surface area (Å²) in [6.45, 7) is 3.32. The van der Waals surface area contributed by atoms with Gasteiger partial charge >= 0.3 is 0 Å². The third kappa shape index (κ3) is 0.932. The normalized spacial score (nSPS) is 45.6. The lowest BCUT2D eigenvalue weighted by Gasteiger charge is -2.06. The van der Waals surface area contributed by atoms with Crippen molar-refractivity contribution in [1.29, 1.82) is 0 Å². The zero-order valence-electron chi connectivity index (χ0n) is 6.38. The predicted octanol–water partition coefficient (Wildman–Crippen LogP) is -1.39. The molecule has 10 heavy (non-hydrogen) atoms. The van der Waals surface area contributed by atoms with Crippen LogP contribution in [0.15, 0.2) is 0 Å². The van der Waals surface area contributed by atoms with Gasteiger partial charge in [0.15, 0.2) is 0 Å². The second-order valence-corrected chi connectivity index (χ2v) is 2.99. The van der Waals surface area contributed by atoms with Crippen molar-refractivity contribution in [1.82, 2.24) is 4.90 Å². The Balaban J connectivity index is 2.42. The molecule has 0 radical (unpaired) electrons. The third-order valence-electron chi connectivity index (χ3n) is 2.41. The van der Waals surface area contributed by atoms with Crippen LogP contribution in [0.4, 0.5) is 0 Å². The number of nitrogens with two attached hydrogens (primary N) is 3. The zero-order chi connectivity index (χ0) is 7.78. The standard InChI is InChI=1S/C6H16N4/c1-6(2-3-7)5(9)10(6)4-8/h5H,2-4,7-9H2,1H3. The van der Waals surface area contributed by atoms with Gasteiger partial charge in [-0.2, -0.15) is 0 Å². The summed E-state index contributed by atoms with van der Waals surface area (Å²) in [5, 5.41) is 0. The fourth-order valence-corrected chi connectivity index (χ4v) is 1.44. The summed E-state index contributed by atoms with van der Waals surface area (Å²) in [4.78, 5) is 2.04. The van der Waals surface area contributed by atoms with Gasteiger partial charge < -0.3 is 17.2 Å². The van der Waals surface area contributed by atoms with Crippen LogP contribution >= 0.6 is 0 Å². The van der Waals surface area contributed by atoms with Crippen molar-refractivity contribution >= 4 is 0 Å². The molecule has 1 aliphatic rings. The second kappa shape index (κ2) is 2.47. The van der Waals surface area contributed by atoms with E-state index in [-0.39, 0.29) is 11.7 Å². The molecule has 0 aliphatic carbocycles. The molecule has 4 heteroatoms. The smallest absolute Gasteiger partial charge is 0.0776 e. The van der Waals surface area contributed by atoms with E-state index in [0.29, 0.717) is 13.2 Å². The highest BCUT2D eigenvalue weighted by Gasteiger charge is 2.55. The van der Waals surface area contributed by atoms with E-state index in [1.54, 1.807) is 0 Å². The fourth-order valence-electron chi connectivity index (χ4n) is 1.44. The van der Waals surface area contributed by atoms with Crippen LogP contribution in [0.5, 0.6) is 0 Å². The number of nitrogens with zero attached hydrogens (tertiary/aromatic N) is 1. The van der Waals surface area contributed by atoms with Crippen molar-refractivity contribution in [2.75, 3.05) is 13.2 Å². The van der Waals surface area contributed by atoms with Gasteiger partial charge in [-0.3, -0.25) is 4.90 Å². The van der Waals surface area contributed by atoms with Gasteiger partial charge in [-0.05, 0) is 19.9 Å². The molecule has 1 saturated heterocycles. The summed E-state index contributed by atoms with van der Waals surface area (Å²) < 4.78 is 0. The average Bonchev–Trinajstić information content (AvgIpc) is 2.37. The lowest BCUT2D eigenvalue weighted by Crippen LogP contribution is -2.23. The lowest BCUT2D eigenvalue weighted by atomic mass is 10.1. The highest BCUT2D eigenvalue weighted by Crippen LogP contribution is 2.38. The number of hydrogen-bond acceptors (Lipinski definition) is 4. The molecule has 60 valence electrons. The van der Waals surface area contributed by atoms with Crippen LogP contribution in [0.2, 0.25) is 0 Å². The molecule has 0 amide bonds. The molecule has 0 aromatic carbocycles. The van der Waals surface area contributed by atoms with Crippen molar-refractivity contribution in [3.05, 3.63) is 0 Å². The molecule has 1 heterocycles. The van der Waals surface area contributed by atoms with Crippen molar-refractivity contribution in [2.45, 2.75) is 25.0 Å². The molecule has 0 aromatic heterocycles. The highest BCUT2D eigenvalue weighted by atomic mass is 15.5. The van der Waals surface area contributed by atoms with Crippen molar-refractivity contribution in [3.8, 4) is 0 Å². The second-order valence-electron chi connectivity index (χ2n) is 2.99. The van der Waals surface area contributed by atoms with Gasteiger partial charge in [0.1, 0.15) is 0 Å². The van der Waals surface area contributed by atoms with E-state index in [1.165, 1.54) is 0 Å². The minimum atomic E-state index is 0.0868. The van der Waals surface area contributed by atoms with Gasteiger partial charge in [-0.1, -0.05) is 0 Å². The first kappa shape index (κ1) is 7.94. The molecule has 6 N–H and O–H groups in total. The zero-order valence-corrected chi connectivity index (χ0v) is 6.38. The summed E-state index contributed by atoms with van der Waals surface area (Å²) in [6.07, 6.45) is 1.06. The maximum absolute atomic E-state index is 5.73. The Morgan fingerprint density at radius 3 is 2.40 bits per heavy atom. The summed E-state index contributed by atoms with van der Waals surface area (Å²) in [5.74, 6) is 0. The summed E-state index contributed by atoms with van der Waals surface area (Å²) >= 11 is 0. The van der Waals surface area contributed by atoms with E-state index in [4.69, 9.17) is 17.2 Å². The Morgan fingerprint density at radius 2 is 2.10 bits per heavy atom. The van der Waals surface area contributed by atoms with Crippen LogP contribution in [0.3, 0.4) is 0 Å². The molecule has 3 atom stereocenters. The third-order valence-corrected chi connectivity index (χ3v) is 2.41. The molecule has 4 nitrogen and oxygen atoms in total. The van der Waals surface area contributed by atoms with Gasteiger partial charge in [-0.25, -0.2) is 0 Å². The average molecular weight is 144 g/mol. The van der Waals surface area contributed by atoms with E-state index in [2.05, 4.69) is 6.92 Å². The SMILES string of the molecule is CC1(CCN)C(N)N1CN. The predicted molar refractivity (Wildman–Crippen MR) is 40.9 cm³/mol. The quantitative estimate of drug-likeness (QED) is 0.426. The molecule has 1 rings (SSSR count). The van der Waals surface area contributed by atoms with Crippen LogP contribution in [-0.2, 0) is 0 Å². The van der Waals surface area contributed by atoms with Gasteiger partial charge in [0, 0.05) is 6.67 Å². The van der Waals surface area contributed by atoms with Crippen LogP contribution in [-0.4, -0.2) is 29.8 Å². The summed E-state index contributed by atoms with van der Waals surface area (Å²) in [6, 6.07) is 0. The van der Waals surface area contributed by atoms with Crippen molar-refractivity contribution in [2.24, 2.45) is 17.2 Å². The molecule has 0 aromatic rings. The van der Waals surface area contributed by atoms with Gasteiger partial charge in [-0.15, -0.1) is 0 Å². The Labute approximate surface area is 61.3 Å². The van der Waals surface area contributed by atoms with Crippen molar-refractivity contribution < 1.29 is 0 Å². The van der Waals surface area contributed by atoms with Crippen LogP contribution in [0, 0.1) is 0 Å². The maximum Gasteiger partial charge on any atom is 0.0776 e. The van der Waals surface area contributed by atoms with E-state index in [9.17, 15) is 0 Å². The van der Waals surface area contributed by atoms with Crippen molar-refractivity contribution in [3.63, 3.8) is 0 Å². The molecule has 0 spiro atoms. The molecule has 0 saturated carbocycles. The van der Waals surface area contributed by atoms with Crippen LogP contribution < -0.4 is 17.2 Å². The Kier molecular flexibility index (Phi) is 1.96. The number of rotatable bonds is 3. The molecule has 1 fully saturated rings. The van der Waals surface area contributed by atoms with E-state index in [0.717, 1.165) is 6.42 Å². The summed E-state index contributed by atoms with van der Waals surface area (Å²) in [7, 11) is 0. The van der Waals surface area contributed by atoms with Crippen LogP contribution in [0.1, 0.15) is 13.3 Å². The Bertz CT molecular complexity index is 127. The van der Waals surface area contributed by atoms with E-state index >= 15 is 0 Å². The minimum Gasteiger partial charge on any atom is -0.330 e. The van der Waals surface area contributed by atoms with Gasteiger partial charge in [0.2, 0.25) is 0 Å². The topological polar surface area (TPSA) is 81.1 Å². The van der Waals surface area contributed by atoms with Crippen LogP contribution in [0.25, 0.3) is 0 Å². The monoisotopic (exact) mass is 144 g/mol. The molecule has 0 bridgehead atoms. The van der Waals surface area contributed by atoms with E-state index in [1.807, 2.05) is 4.90 Å². The lowest BCUT2D eigenvalue weighted by molar-refractivity contribution is 0.415. The first-order valence-electron chi connectivity index (χ1n) is 3.59. The number of hydrogen-bond donors (Lipinski definition) is 3. The molecule has 3 unspecified atom stereocenters.